The second kappa shape index (κ2) is 6.01. The Bertz CT molecular complexity index is 580. The van der Waals surface area contributed by atoms with Crippen LogP contribution >= 0.6 is 0 Å². The second-order valence-electron chi connectivity index (χ2n) is 4.64. The molecule has 0 radical (unpaired) electrons. The molecular formula is C16H16F2O2. The first-order valence-corrected chi connectivity index (χ1v) is 6.28. The zero-order chi connectivity index (χ0) is 14.7. The lowest BCUT2D eigenvalue weighted by atomic mass is 9.95. The molecule has 1 N–H and O–H groups in total. The van der Waals surface area contributed by atoms with Gasteiger partial charge in [0.25, 0.3) is 0 Å². The molecule has 0 spiro atoms. The number of alkyl halides is 2. The molecule has 1 atom stereocenters. The first-order valence-electron chi connectivity index (χ1n) is 6.28. The average molecular weight is 278 g/mol. The number of aryl methyl sites for hydroxylation is 1. The third-order valence-corrected chi connectivity index (χ3v) is 3.36. The van der Waals surface area contributed by atoms with Gasteiger partial charge in [-0.2, -0.15) is 8.78 Å². The Kier molecular flexibility index (Phi) is 4.35. The maximum absolute atomic E-state index is 12.1. The minimum atomic E-state index is -2.84. The monoisotopic (exact) mass is 278 g/mol. The van der Waals surface area contributed by atoms with Crippen LogP contribution in [0.3, 0.4) is 0 Å². The Labute approximate surface area is 116 Å². The SMILES string of the molecule is Cc1cccc(C(O)c2ccc(OC(F)F)cc2)c1C. The summed E-state index contributed by atoms with van der Waals surface area (Å²) in [5.74, 6) is 0.0805. The topological polar surface area (TPSA) is 29.5 Å². The number of halogens is 2. The Balaban J connectivity index is 2.25. The van der Waals surface area contributed by atoms with Gasteiger partial charge in [-0.15, -0.1) is 0 Å². The van der Waals surface area contributed by atoms with E-state index >= 15 is 0 Å². The Morgan fingerprint density at radius 2 is 1.65 bits per heavy atom. The predicted molar refractivity (Wildman–Crippen MR) is 73.1 cm³/mol. The molecular weight excluding hydrogens is 262 g/mol. The van der Waals surface area contributed by atoms with Crippen LogP contribution in [0.1, 0.15) is 28.4 Å². The van der Waals surface area contributed by atoms with Gasteiger partial charge in [-0.05, 0) is 48.2 Å². The molecule has 0 fully saturated rings. The Morgan fingerprint density at radius 3 is 2.25 bits per heavy atom. The summed E-state index contributed by atoms with van der Waals surface area (Å²) in [5.41, 5.74) is 3.57. The highest BCUT2D eigenvalue weighted by Crippen LogP contribution is 2.27. The van der Waals surface area contributed by atoms with Crippen molar-refractivity contribution in [2.45, 2.75) is 26.6 Å². The molecule has 0 aliphatic heterocycles. The summed E-state index contributed by atoms with van der Waals surface area (Å²) in [4.78, 5) is 0. The molecule has 20 heavy (non-hydrogen) atoms. The van der Waals surface area contributed by atoms with Crippen molar-refractivity contribution in [3.05, 3.63) is 64.7 Å². The number of aliphatic hydroxyl groups excluding tert-OH is 1. The normalized spacial score (nSPS) is 12.5. The number of hydrogen-bond acceptors (Lipinski definition) is 2. The van der Waals surface area contributed by atoms with Gasteiger partial charge in [0.1, 0.15) is 11.9 Å². The average Bonchev–Trinajstić information content (AvgIpc) is 2.41. The number of ether oxygens (including phenoxy) is 1. The second-order valence-corrected chi connectivity index (χ2v) is 4.64. The van der Waals surface area contributed by atoms with E-state index in [-0.39, 0.29) is 5.75 Å². The Hall–Kier alpha value is -1.94. The maximum Gasteiger partial charge on any atom is 0.387 e. The van der Waals surface area contributed by atoms with E-state index in [9.17, 15) is 13.9 Å². The molecule has 4 heteroatoms. The first kappa shape index (κ1) is 14.5. The highest BCUT2D eigenvalue weighted by Gasteiger charge is 2.14. The quantitative estimate of drug-likeness (QED) is 0.916. The summed E-state index contributed by atoms with van der Waals surface area (Å²) in [6.45, 7) is 1.08. The molecule has 0 heterocycles. The van der Waals surface area contributed by atoms with Crippen molar-refractivity contribution in [1.82, 2.24) is 0 Å². The number of hydrogen-bond donors (Lipinski definition) is 1. The van der Waals surface area contributed by atoms with Gasteiger partial charge in [-0.25, -0.2) is 0 Å². The van der Waals surface area contributed by atoms with Crippen molar-refractivity contribution in [3.63, 3.8) is 0 Å². The molecule has 2 aromatic rings. The van der Waals surface area contributed by atoms with E-state index in [4.69, 9.17) is 0 Å². The van der Waals surface area contributed by atoms with Crippen LogP contribution in [0.4, 0.5) is 8.78 Å². The molecule has 0 aliphatic rings. The van der Waals surface area contributed by atoms with Crippen molar-refractivity contribution in [1.29, 1.82) is 0 Å². The van der Waals surface area contributed by atoms with E-state index < -0.39 is 12.7 Å². The van der Waals surface area contributed by atoms with E-state index in [1.165, 1.54) is 12.1 Å². The van der Waals surface area contributed by atoms with Crippen molar-refractivity contribution < 1.29 is 18.6 Å². The first-order chi connectivity index (χ1) is 9.49. The van der Waals surface area contributed by atoms with E-state index in [1.54, 1.807) is 12.1 Å². The summed E-state index contributed by atoms with van der Waals surface area (Å²) in [6, 6.07) is 11.7. The zero-order valence-electron chi connectivity index (χ0n) is 11.3. The van der Waals surface area contributed by atoms with E-state index in [0.29, 0.717) is 5.56 Å². The molecule has 1 unspecified atom stereocenters. The van der Waals surface area contributed by atoms with Gasteiger partial charge in [0.2, 0.25) is 0 Å². The molecule has 0 aliphatic carbocycles. The molecule has 2 rings (SSSR count). The summed E-state index contributed by atoms with van der Waals surface area (Å²) in [6.07, 6.45) is -0.782. The van der Waals surface area contributed by atoms with Crippen LogP contribution in [0.25, 0.3) is 0 Å². The molecule has 0 aromatic heterocycles. The van der Waals surface area contributed by atoms with Crippen LogP contribution < -0.4 is 4.74 Å². The minimum absolute atomic E-state index is 0.0805. The summed E-state index contributed by atoms with van der Waals surface area (Å²) in [7, 11) is 0. The van der Waals surface area contributed by atoms with Gasteiger partial charge in [-0.1, -0.05) is 30.3 Å². The standard InChI is InChI=1S/C16H16F2O2/c1-10-4-3-5-14(11(10)2)15(19)12-6-8-13(9-7-12)20-16(17)18/h3-9,15-16,19H,1-2H3. The maximum atomic E-state index is 12.1. The fourth-order valence-corrected chi connectivity index (χ4v) is 2.08. The van der Waals surface area contributed by atoms with Crippen molar-refractivity contribution in [2.24, 2.45) is 0 Å². The summed E-state index contributed by atoms with van der Waals surface area (Å²) < 4.78 is 28.4. The lowest BCUT2D eigenvalue weighted by Gasteiger charge is -2.16. The van der Waals surface area contributed by atoms with Crippen molar-refractivity contribution in [3.8, 4) is 5.75 Å². The van der Waals surface area contributed by atoms with Crippen LogP contribution in [0.2, 0.25) is 0 Å². The lowest BCUT2D eigenvalue weighted by molar-refractivity contribution is -0.0498. The third-order valence-electron chi connectivity index (χ3n) is 3.36. The van der Waals surface area contributed by atoms with Gasteiger partial charge in [-0.3, -0.25) is 0 Å². The predicted octanol–water partition coefficient (Wildman–Crippen LogP) is 3.99. The number of aliphatic hydroxyl groups is 1. The minimum Gasteiger partial charge on any atom is -0.435 e. The number of benzene rings is 2. The highest BCUT2D eigenvalue weighted by molar-refractivity contribution is 5.40. The smallest absolute Gasteiger partial charge is 0.387 e. The van der Waals surface area contributed by atoms with E-state index in [0.717, 1.165) is 16.7 Å². The fraction of sp³-hybridized carbons (Fsp3) is 0.250. The van der Waals surface area contributed by atoms with Gasteiger partial charge < -0.3 is 9.84 Å². The third kappa shape index (κ3) is 3.14. The van der Waals surface area contributed by atoms with Crippen LogP contribution in [0.5, 0.6) is 5.75 Å². The van der Waals surface area contributed by atoms with Gasteiger partial charge in [0.15, 0.2) is 0 Å². The summed E-state index contributed by atoms with van der Waals surface area (Å²) in [5, 5.41) is 10.4. The van der Waals surface area contributed by atoms with Crippen molar-refractivity contribution in [2.75, 3.05) is 0 Å². The molecule has 106 valence electrons. The van der Waals surface area contributed by atoms with Gasteiger partial charge >= 0.3 is 6.61 Å². The van der Waals surface area contributed by atoms with E-state index in [1.807, 2.05) is 32.0 Å². The van der Waals surface area contributed by atoms with Gasteiger partial charge in [0, 0.05) is 0 Å². The van der Waals surface area contributed by atoms with Crippen LogP contribution in [-0.4, -0.2) is 11.7 Å². The largest absolute Gasteiger partial charge is 0.435 e. The van der Waals surface area contributed by atoms with Crippen LogP contribution in [0, 0.1) is 13.8 Å². The van der Waals surface area contributed by atoms with Crippen molar-refractivity contribution >= 4 is 0 Å². The Morgan fingerprint density at radius 1 is 1.00 bits per heavy atom. The molecule has 0 saturated heterocycles. The molecule has 0 bridgehead atoms. The highest BCUT2D eigenvalue weighted by atomic mass is 19.3. The lowest BCUT2D eigenvalue weighted by Crippen LogP contribution is -2.04. The molecule has 2 aromatic carbocycles. The van der Waals surface area contributed by atoms with Crippen LogP contribution in [0.15, 0.2) is 42.5 Å². The van der Waals surface area contributed by atoms with Crippen LogP contribution in [-0.2, 0) is 0 Å². The van der Waals surface area contributed by atoms with E-state index in [2.05, 4.69) is 4.74 Å². The zero-order valence-corrected chi connectivity index (χ0v) is 11.3. The number of rotatable bonds is 4. The van der Waals surface area contributed by atoms with Gasteiger partial charge in [0.05, 0.1) is 0 Å². The fourth-order valence-electron chi connectivity index (χ4n) is 2.08. The summed E-state index contributed by atoms with van der Waals surface area (Å²) >= 11 is 0. The molecule has 2 nitrogen and oxygen atoms in total. The molecule has 0 saturated carbocycles. The molecule has 0 amide bonds.